The molecule has 8 heteroatoms. The highest BCUT2D eigenvalue weighted by molar-refractivity contribution is 5.95. The van der Waals surface area contributed by atoms with Gasteiger partial charge in [-0.25, -0.2) is 4.98 Å². The predicted octanol–water partition coefficient (Wildman–Crippen LogP) is 0.661. The molecule has 2 saturated heterocycles. The summed E-state index contributed by atoms with van der Waals surface area (Å²) < 4.78 is 0. The Morgan fingerprint density at radius 3 is 2.64 bits per heavy atom. The topological polar surface area (TPSA) is 103 Å². The molecule has 1 aromatic rings. The summed E-state index contributed by atoms with van der Waals surface area (Å²) in [6.45, 7) is 0.856. The van der Waals surface area contributed by atoms with Gasteiger partial charge in [0.25, 0.3) is 5.91 Å². The molecule has 0 saturated carbocycles. The van der Waals surface area contributed by atoms with E-state index >= 15 is 0 Å². The molecule has 2 aliphatic heterocycles. The first-order chi connectivity index (χ1) is 11.9. The van der Waals surface area contributed by atoms with Gasteiger partial charge in [-0.2, -0.15) is 0 Å². The number of carbonyl (C=O) groups is 3. The summed E-state index contributed by atoms with van der Waals surface area (Å²) in [5, 5.41) is 12.4. The first-order valence-electron chi connectivity index (χ1n) is 8.31. The highest BCUT2D eigenvalue weighted by Gasteiger charge is 2.55. The van der Waals surface area contributed by atoms with Gasteiger partial charge in [-0.05, 0) is 25.0 Å². The molecule has 1 spiro atoms. The predicted molar refractivity (Wildman–Crippen MR) is 90.2 cm³/mol. The average molecular weight is 346 g/mol. The van der Waals surface area contributed by atoms with E-state index in [9.17, 15) is 19.5 Å². The van der Waals surface area contributed by atoms with Gasteiger partial charge in [0.15, 0.2) is 0 Å². The molecule has 3 rings (SSSR count). The Morgan fingerprint density at radius 1 is 1.36 bits per heavy atom. The zero-order chi connectivity index (χ0) is 18.2. The molecular weight excluding hydrogens is 324 g/mol. The fraction of sp³-hybridized carbons (Fsp3) is 0.529. The Bertz CT molecular complexity index is 712. The summed E-state index contributed by atoms with van der Waals surface area (Å²) in [4.78, 5) is 43.7. The van der Waals surface area contributed by atoms with E-state index < -0.39 is 17.4 Å². The summed E-state index contributed by atoms with van der Waals surface area (Å²) in [7, 11) is 3.41. The van der Waals surface area contributed by atoms with E-state index in [1.54, 1.807) is 42.2 Å². The third kappa shape index (κ3) is 2.81. The van der Waals surface area contributed by atoms with Crippen molar-refractivity contribution in [3.8, 4) is 0 Å². The Kier molecular flexibility index (Phi) is 4.36. The molecule has 25 heavy (non-hydrogen) atoms. The standard InChI is InChI=1S/C17H22N4O4/c1-18-13-9-11(3-6-19-13)15(23)21-7-4-17(5-8-21)12(16(24)25)10-14(22)20(17)2/h3,6,9,12H,4-5,7-8,10H2,1-2H3,(H,18,19)(H,24,25)/t12-/m0/s1. The van der Waals surface area contributed by atoms with Gasteiger partial charge in [0.05, 0.1) is 11.5 Å². The third-order valence-electron chi connectivity index (χ3n) is 5.55. The van der Waals surface area contributed by atoms with Gasteiger partial charge in [0, 0.05) is 45.4 Å². The zero-order valence-electron chi connectivity index (χ0n) is 14.4. The molecule has 0 bridgehead atoms. The van der Waals surface area contributed by atoms with Crippen molar-refractivity contribution in [1.29, 1.82) is 0 Å². The van der Waals surface area contributed by atoms with Crippen molar-refractivity contribution in [2.24, 2.45) is 5.92 Å². The van der Waals surface area contributed by atoms with Gasteiger partial charge in [-0.3, -0.25) is 14.4 Å². The van der Waals surface area contributed by atoms with Crippen LogP contribution in [0.4, 0.5) is 5.82 Å². The number of carbonyl (C=O) groups excluding carboxylic acids is 2. The molecule has 3 heterocycles. The van der Waals surface area contributed by atoms with Crippen molar-refractivity contribution in [3.63, 3.8) is 0 Å². The number of aliphatic carboxylic acids is 1. The maximum atomic E-state index is 12.7. The average Bonchev–Trinajstić information content (AvgIpc) is 2.87. The lowest BCUT2D eigenvalue weighted by atomic mass is 9.77. The lowest BCUT2D eigenvalue weighted by molar-refractivity contribution is -0.145. The van der Waals surface area contributed by atoms with Gasteiger partial charge in [-0.15, -0.1) is 0 Å². The molecule has 2 N–H and O–H groups in total. The number of carboxylic acid groups (broad SMARTS) is 1. The zero-order valence-corrected chi connectivity index (χ0v) is 14.4. The van der Waals surface area contributed by atoms with E-state index in [1.807, 2.05) is 0 Å². The molecular formula is C17H22N4O4. The van der Waals surface area contributed by atoms with Crippen molar-refractivity contribution < 1.29 is 19.5 Å². The van der Waals surface area contributed by atoms with Crippen LogP contribution < -0.4 is 5.32 Å². The second kappa shape index (κ2) is 6.34. The maximum absolute atomic E-state index is 12.7. The number of piperidine rings is 1. The largest absolute Gasteiger partial charge is 0.481 e. The molecule has 134 valence electrons. The Balaban J connectivity index is 1.75. The number of nitrogens with zero attached hydrogens (tertiary/aromatic N) is 3. The molecule has 0 aliphatic carbocycles. The lowest BCUT2D eigenvalue weighted by Gasteiger charge is -2.45. The summed E-state index contributed by atoms with van der Waals surface area (Å²) in [6, 6.07) is 3.36. The van der Waals surface area contributed by atoms with E-state index in [-0.39, 0.29) is 18.2 Å². The molecule has 1 atom stereocenters. The van der Waals surface area contributed by atoms with Gasteiger partial charge in [0.2, 0.25) is 5.91 Å². The molecule has 1 aromatic heterocycles. The quantitative estimate of drug-likeness (QED) is 0.833. The van der Waals surface area contributed by atoms with E-state index in [1.165, 1.54) is 0 Å². The minimum atomic E-state index is -0.940. The Labute approximate surface area is 145 Å². The smallest absolute Gasteiger partial charge is 0.309 e. The van der Waals surface area contributed by atoms with Gasteiger partial charge >= 0.3 is 5.97 Å². The minimum absolute atomic E-state index is 0.0374. The van der Waals surface area contributed by atoms with Crippen LogP contribution in [0.3, 0.4) is 0 Å². The van der Waals surface area contributed by atoms with E-state index in [4.69, 9.17) is 0 Å². The van der Waals surface area contributed by atoms with Crippen LogP contribution in [0, 0.1) is 5.92 Å². The number of rotatable bonds is 3. The summed E-state index contributed by atoms with van der Waals surface area (Å²) in [5.74, 6) is -1.27. The minimum Gasteiger partial charge on any atom is -0.481 e. The van der Waals surface area contributed by atoms with Crippen LogP contribution in [0.25, 0.3) is 0 Å². The number of hydrogen-bond acceptors (Lipinski definition) is 5. The normalized spacial score (nSPS) is 22.3. The number of amides is 2. The second-order valence-electron chi connectivity index (χ2n) is 6.62. The van der Waals surface area contributed by atoms with Crippen molar-refractivity contribution in [2.75, 3.05) is 32.5 Å². The molecule has 0 aromatic carbocycles. The van der Waals surface area contributed by atoms with Crippen molar-refractivity contribution in [3.05, 3.63) is 23.9 Å². The second-order valence-corrected chi connectivity index (χ2v) is 6.62. The first kappa shape index (κ1) is 17.2. The number of aromatic nitrogens is 1. The van der Waals surface area contributed by atoms with E-state index in [0.29, 0.717) is 37.3 Å². The molecule has 2 amide bonds. The van der Waals surface area contributed by atoms with Crippen LogP contribution in [0.2, 0.25) is 0 Å². The first-order valence-corrected chi connectivity index (χ1v) is 8.31. The number of carboxylic acids is 1. The highest BCUT2D eigenvalue weighted by Crippen LogP contribution is 2.43. The van der Waals surface area contributed by atoms with Gasteiger partial charge in [-0.1, -0.05) is 0 Å². The number of pyridine rings is 1. The molecule has 2 aliphatic rings. The Morgan fingerprint density at radius 2 is 2.04 bits per heavy atom. The van der Waals surface area contributed by atoms with Crippen LogP contribution in [0.15, 0.2) is 18.3 Å². The van der Waals surface area contributed by atoms with Crippen LogP contribution in [-0.2, 0) is 9.59 Å². The molecule has 8 nitrogen and oxygen atoms in total. The van der Waals surface area contributed by atoms with Crippen LogP contribution in [0.5, 0.6) is 0 Å². The molecule has 0 unspecified atom stereocenters. The summed E-state index contributed by atoms with van der Waals surface area (Å²) in [6.07, 6.45) is 2.56. The number of likely N-dealkylation sites (tertiary alicyclic amines) is 2. The summed E-state index contributed by atoms with van der Waals surface area (Å²) in [5.41, 5.74) is -0.144. The number of hydrogen-bond donors (Lipinski definition) is 2. The van der Waals surface area contributed by atoms with Crippen LogP contribution in [-0.4, -0.2) is 70.4 Å². The van der Waals surface area contributed by atoms with Crippen molar-refractivity contribution in [1.82, 2.24) is 14.8 Å². The SMILES string of the molecule is CNc1cc(C(=O)N2CCC3(CC2)[C@H](C(=O)O)CC(=O)N3C)ccn1. The van der Waals surface area contributed by atoms with E-state index in [0.717, 1.165) is 0 Å². The van der Waals surface area contributed by atoms with E-state index in [2.05, 4.69) is 10.3 Å². The number of nitrogens with one attached hydrogen (secondary N) is 1. The maximum Gasteiger partial charge on any atom is 0.309 e. The monoisotopic (exact) mass is 346 g/mol. The lowest BCUT2D eigenvalue weighted by Crippen LogP contribution is -2.56. The molecule has 0 radical (unpaired) electrons. The van der Waals surface area contributed by atoms with Gasteiger partial charge in [0.1, 0.15) is 5.82 Å². The van der Waals surface area contributed by atoms with Gasteiger partial charge < -0.3 is 20.2 Å². The van der Waals surface area contributed by atoms with Crippen molar-refractivity contribution >= 4 is 23.6 Å². The van der Waals surface area contributed by atoms with Crippen LogP contribution >= 0.6 is 0 Å². The fourth-order valence-corrected chi connectivity index (χ4v) is 3.96. The van der Waals surface area contributed by atoms with Crippen LogP contribution in [0.1, 0.15) is 29.6 Å². The highest BCUT2D eigenvalue weighted by atomic mass is 16.4. The fourth-order valence-electron chi connectivity index (χ4n) is 3.96. The Hall–Kier alpha value is -2.64. The summed E-state index contributed by atoms with van der Waals surface area (Å²) >= 11 is 0. The van der Waals surface area contributed by atoms with Crippen molar-refractivity contribution in [2.45, 2.75) is 24.8 Å². The number of anilines is 1. The third-order valence-corrected chi connectivity index (χ3v) is 5.55. The molecule has 2 fully saturated rings.